The molecule has 0 aliphatic heterocycles. The van der Waals surface area contributed by atoms with Crippen LogP contribution in [-0.2, 0) is 26.0 Å². The maximum atomic E-state index is 13.1. The summed E-state index contributed by atoms with van der Waals surface area (Å²) in [7, 11) is -3.92. The minimum absolute atomic E-state index is 0.0757. The fraction of sp³-hybridized carbons (Fsp3) is 0.231. The Labute approximate surface area is 200 Å². The van der Waals surface area contributed by atoms with Crippen LogP contribution >= 0.6 is 0 Å². The number of ether oxygens (including phenoxy) is 1. The zero-order valence-electron chi connectivity index (χ0n) is 18.9. The molecule has 0 radical (unpaired) electrons. The number of hydrogen-bond donors (Lipinski definition) is 2. The van der Waals surface area contributed by atoms with Crippen LogP contribution in [0.2, 0.25) is 0 Å². The standard InChI is InChI=1S/C26H28N2O5S/c1-2-3-18-33-26(30)21-14-16-22(17-15-21)27-25(29)24(19-20-10-6-4-7-11-20)28-34(31,32)23-12-8-5-9-13-23/h4-17,24,28H,2-3,18-19H2,1H3,(H,27,29)/t24-/m1/s1. The Morgan fingerprint density at radius 3 is 2.12 bits per heavy atom. The van der Waals surface area contributed by atoms with E-state index in [4.69, 9.17) is 4.74 Å². The highest BCUT2D eigenvalue weighted by Gasteiger charge is 2.26. The molecule has 7 nitrogen and oxygen atoms in total. The number of carbonyl (C=O) groups is 2. The van der Waals surface area contributed by atoms with Crippen molar-refractivity contribution in [1.29, 1.82) is 0 Å². The first-order valence-corrected chi connectivity index (χ1v) is 12.6. The molecular formula is C26H28N2O5S. The van der Waals surface area contributed by atoms with Crippen molar-refractivity contribution in [2.45, 2.75) is 37.1 Å². The molecule has 0 bridgehead atoms. The number of unbranched alkanes of at least 4 members (excludes halogenated alkanes) is 1. The number of carbonyl (C=O) groups excluding carboxylic acids is 2. The zero-order chi connectivity index (χ0) is 24.4. The summed E-state index contributed by atoms with van der Waals surface area (Å²) in [6, 6.07) is 22.3. The molecule has 1 amide bonds. The minimum Gasteiger partial charge on any atom is -0.462 e. The van der Waals surface area contributed by atoms with Crippen LogP contribution in [0.25, 0.3) is 0 Å². The second kappa shape index (κ2) is 12.1. The van der Waals surface area contributed by atoms with Gasteiger partial charge >= 0.3 is 5.97 Å². The first kappa shape index (κ1) is 25.1. The molecule has 0 aromatic heterocycles. The molecule has 0 heterocycles. The smallest absolute Gasteiger partial charge is 0.338 e. The summed E-state index contributed by atoms with van der Waals surface area (Å²) in [5.41, 5.74) is 1.62. The zero-order valence-corrected chi connectivity index (χ0v) is 19.8. The Morgan fingerprint density at radius 2 is 1.50 bits per heavy atom. The van der Waals surface area contributed by atoms with Crippen molar-refractivity contribution in [3.8, 4) is 0 Å². The van der Waals surface area contributed by atoms with E-state index >= 15 is 0 Å². The lowest BCUT2D eigenvalue weighted by Crippen LogP contribution is -2.45. The summed E-state index contributed by atoms with van der Waals surface area (Å²) in [6.45, 7) is 2.37. The molecule has 3 aromatic carbocycles. The summed E-state index contributed by atoms with van der Waals surface area (Å²) < 4.78 is 33.5. The highest BCUT2D eigenvalue weighted by atomic mass is 32.2. The van der Waals surface area contributed by atoms with Crippen LogP contribution in [0.1, 0.15) is 35.7 Å². The molecule has 2 N–H and O–H groups in total. The van der Waals surface area contributed by atoms with E-state index in [0.717, 1.165) is 18.4 Å². The third kappa shape index (κ3) is 7.26. The van der Waals surface area contributed by atoms with Gasteiger partial charge < -0.3 is 10.1 Å². The number of hydrogen-bond acceptors (Lipinski definition) is 5. The van der Waals surface area contributed by atoms with Gasteiger partial charge in [-0.05, 0) is 54.8 Å². The van der Waals surface area contributed by atoms with Gasteiger partial charge in [-0.1, -0.05) is 61.9 Å². The summed E-state index contributed by atoms with van der Waals surface area (Å²) >= 11 is 0. The van der Waals surface area contributed by atoms with Crippen molar-refractivity contribution >= 4 is 27.6 Å². The molecule has 34 heavy (non-hydrogen) atoms. The van der Waals surface area contributed by atoms with Crippen LogP contribution < -0.4 is 10.0 Å². The average molecular weight is 481 g/mol. The van der Waals surface area contributed by atoms with Crippen molar-refractivity contribution < 1.29 is 22.7 Å². The lowest BCUT2D eigenvalue weighted by Gasteiger charge is -2.19. The van der Waals surface area contributed by atoms with E-state index in [1.807, 2.05) is 37.3 Å². The van der Waals surface area contributed by atoms with Gasteiger partial charge in [-0.15, -0.1) is 0 Å². The van der Waals surface area contributed by atoms with Gasteiger partial charge in [0, 0.05) is 5.69 Å². The summed E-state index contributed by atoms with van der Waals surface area (Å²) in [4.78, 5) is 25.2. The molecule has 3 rings (SSSR count). The molecule has 0 fully saturated rings. The van der Waals surface area contributed by atoms with Gasteiger partial charge in [-0.25, -0.2) is 13.2 Å². The fourth-order valence-corrected chi connectivity index (χ4v) is 4.42. The molecule has 178 valence electrons. The van der Waals surface area contributed by atoms with E-state index in [-0.39, 0.29) is 11.3 Å². The molecule has 0 saturated heterocycles. The van der Waals surface area contributed by atoms with Gasteiger partial charge in [0.15, 0.2) is 0 Å². The maximum Gasteiger partial charge on any atom is 0.338 e. The first-order chi connectivity index (χ1) is 16.4. The number of benzene rings is 3. The van der Waals surface area contributed by atoms with E-state index in [2.05, 4.69) is 10.0 Å². The summed E-state index contributed by atoms with van der Waals surface area (Å²) in [5.74, 6) is -0.939. The van der Waals surface area contributed by atoms with Crippen molar-refractivity contribution in [2.75, 3.05) is 11.9 Å². The van der Waals surface area contributed by atoms with E-state index in [1.54, 1.807) is 42.5 Å². The molecule has 3 aromatic rings. The molecular weight excluding hydrogens is 452 g/mol. The maximum absolute atomic E-state index is 13.1. The molecule has 1 atom stereocenters. The third-order valence-electron chi connectivity index (χ3n) is 5.07. The van der Waals surface area contributed by atoms with Gasteiger partial charge in [0.2, 0.25) is 15.9 Å². The van der Waals surface area contributed by atoms with Crippen LogP contribution in [0, 0.1) is 0 Å². The first-order valence-electron chi connectivity index (χ1n) is 11.1. The number of esters is 1. The third-order valence-corrected chi connectivity index (χ3v) is 6.56. The summed E-state index contributed by atoms with van der Waals surface area (Å²) in [5, 5.41) is 2.74. The minimum atomic E-state index is -3.92. The van der Waals surface area contributed by atoms with Crippen LogP contribution in [0.15, 0.2) is 89.8 Å². The predicted octanol–water partition coefficient (Wildman–Crippen LogP) is 4.17. The number of anilines is 1. The quantitative estimate of drug-likeness (QED) is 0.317. The average Bonchev–Trinajstić information content (AvgIpc) is 2.85. The van der Waals surface area contributed by atoms with Crippen LogP contribution in [0.5, 0.6) is 0 Å². The van der Waals surface area contributed by atoms with Gasteiger partial charge in [0.25, 0.3) is 0 Å². The molecule has 0 saturated carbocycles. The van der Waals surface area contributed by atoms with Crippen molar-refractivity contribution in [3.63, 3.8) is 0 Å². The van der Waals surface area contributed by atoms with Crippen LogP contribution in [-0.4, -0.2) is 32.9 Å². The Balaban J connectivity index is 1.74. The Bertz CT molecular complexity index is 1180. The molecule has 8 heteroatoms. The van der Waals surface area contributed by atoms with Gasteiger partial charge in [0.1, 0.15) is 6.04 Å². The SMILES string of the molecule is CCCCOC(=O)c1ccc(NC(=O)[C@@H](Cc2ccccc2)NS(=O)(=O)c2ccccc2)cc1. The lowest BCUT2D eigenvalue weighted by molar-refractivity contribution is -0.117. The number of sulfonamides is 1. The van der Waals surface area contributed by atoms with Crippen molar-refractivity contribution in [1.82, 2.24) is 4.72 Å². The topological polar surface area (TPSA) is 102 Å². The Morgan fingerprint density at radius 1 is 0.882 bits per heavy atom. The van der Waals surface area contributed by atoms with Crippen molar-refractivity contribution in [2.24, 2.45) is 0 Å². The molecule has 0 spiro atoms. The number of amides is 1. The lowest BCUT2D eigenvalue weighted by atomic mass is 10.1. The normalized spacial score (nSPS) is 12.0. The van der Waals surface area contributed by atoms with Gasteiger partial charge in [-0.2, -0.15) is 4.72 Å². The van der Waals surface area contributed by atoms with Crippen LogP contribution in [0.4, 0.5) is 5.69 Å². The van der Waals surface area contributed by atoms with Gasteiger partial charge in [0.05, 0.1) is 17.1 Å². The second-order valence-electron chi connectivity index (χ2n) is 7.73. The van der Waals surface area contributed by atoms with E-state index in [0.29, 0.717) is 17.9 Å². The molecule has 0 aliphatic rings. The van der Waals surface area contributed by atoms with Gasteiger partial charge in [-0.3, -0.25) is 4.79 Å². The summed E-state index contributed by atoms with van der Waals surface area (Å²) in [6.07, 6.45) is 1.89. The van der Waals surface area contributed by atoms with Crippen LogP contribution in [0.3, 0.4) is 0 Å². The largest absolute Gasteiger partial charge is 0.462 e. The van der Waals surface area contributed by atoms with E-state index in [1.165, 1.54) is 12.1 Å². The Kier molecular flexibility index (Phi) is 8.95. The fourth-order valence-electron chi connectivity index (χ4n) is 3.20. The highest BCUT2D eigenvalue weighted by Crippen LogP contribution is 2.15. The van der Waals surface area contributed by atoms with E-state index < -0.39 is 27.9 Å². The molecule has 0 unspecified atom stereocenters. The Hall–Kier alpha value is -3.49. The van der Waals surface area contributed by atoms with E-state index in [9.17, 15) is 18.0 Å². The van der Waals surface area contributed by atoms with Crippen molar-refractivity contribution in [3.05, 3.63) is 96.1 Å². The monoisotopic (exact) mass is 480 g/mol. The number of nitrogens with one attached hydrogen (secondary N) is 2. The highest BCUT2D eigenvalue weighted by molar-refractivity contribution is 7.89. The molecule has 0 aliphatic carbocycles. The second-order valence-corrected chi connectivity index (χ2v) is 9.45. The number of rotatable bonds is 11. The predicted molar refractivity (Wildman–Crippen MR) is 131 cm³/mol.